The molecule has 0 radical (unpaired) electrons. The highest BCUT2D eigenvalue weighted by atomic mass is 79.9. The topological polar surface area (TPSA) is 29.1 Å². The SMILES string of the molecule is CC(C)=CC(=O)Nc1cc(Br)cc(C(F)(F)F)c1. The van der Waals surface area contributed by atoms with Crippen LogP contribution in [0.15, 0.2) is 34.3 Å². The summed E-state index contributed by atoms with van der Waals surface area (Å²) in [5.41, 5.74) is 0.0436. The third-order valence-corrected chi connectivity index (χ3v) is 2.37. The predicted octanol–water partition coefficient (Wildman–Crippen LogP) is 4.37. The van der Waals surface area contributed by atoms with Crippen LogP contribution < -0.4 is 5.32 Å². The van der Waals surface area contributed by atoms with E-state index in [-0.39, 0.29) is 10.2 Å². The van der Waals surface area contributed by atoms with Gasteiger partial charge in [0.05, 0.1) is 5.56 Å². The molecule has 0 bridgehead atoms. The van der Waals surface area contributed by atoms with Gasteiger partial charge in [-0.3, -0.25) is 4.79 Å². The molecule has 6 heteroatoms. The highest BCUT2D eigenvalue weighted by molar-refractivity contribution is 9.10. The van der Waals surface area contributed by atoms with Gasteiger partial charge < -0.3 is 5.32 Å². The minimum Gasteiger partial charge on any atom is -0.322 e. The number of benzene rings is 1. The van der Waals surface area contributed by atoms with E-state index in [4.69, 9.17) is 0 Å². The van der Waals surface area contributed by atoms with Gasteiger partial charge in [0.2, 0.25) is 5.91 Å². The molecule has 0 unspecified atom stereocenters. The Hall–Kier alpha value is -1.30. The first-order chi connectivity index (χ1) is 8.18. The van der Waals surface area contributed by atoms with Gasteiger partial charge in [0.25, 0.3) is 0 Å². The van der Waals surface area contributed by atoms with E-state index >= 15 is 0 Å². The molecule has 0 heterocycles. The van der Waals surface area contributed by atoms with Gasteiger partial charge in [-0.25, -0.2) is 0 Å². The van der Waals surface area contributed by atoms with Crippen molar-refractivity contribution in [3.63, 3.8) is 0 Å². The Morgan fingerprint density at radius 3 is 2.39 bits per heavy atom. The van der Waals surface area contributed by atoms with Crippen LogP contribution >= 0.6 is 15.9 Å². The van der Waals surface area contributed by atoms with E-state index in [9.17, 15) is 18.0 Å². The van der Waals surface area contributed by atoms with Crippen LogP contribution in [0.25, 0.3) is 0 Å². The highest BCUT2D eigenvalue weighted by Crippen LogP contribution is 2.33. The van der Waals surface area contributed by atoms with E-state index in [0.29, 0.717) is 0 Å². The van der Waals surface area contributed by atoms with Crippen molar-refractivity contribution < 1.29 is 18.0 Å². The number of nitrogens with one attached hydrogen (secondary N) is 1. The number of allylic oxidation sites excluding steroid dienone is 1. The normalized spacial score (nSPS) is 11.0. The van der Waals surface area contributed by atoms with Crippen LogP contribution in [0.4, 0.5) is 18.9 Å². The fourth-order valence-electron chi connectivity index (χ4n) is 1.27. The van der Waals surface area contributed by atoms with Crippen molar-refractivity contribution in [2.24, 2.45) is 0 Å². The standard InChI is InChI=1S/C12H11BrF3NO/c1-7(2)3-11(18)17-10-5-8(12(14,15)16)4-9(13)6-10/h3-6H,1-2H3,(H,17,18). The average Bonchev–Trinajstić information content (AvgIpc) is 2.13. The van der Waals surface area contributed by atoms with Gasteiger partial charge in [0.15, 0.2) is 0 Å². The lowest BCUT2D eigenvalue weighted by Crippen LogP contribution is -2.11. The summed E-state index contributed by atoms with van der Waals surface area (Å²) >= 11 is 2.98. The fourth-order valence-corrected chi connectivity index (χ4v) is 1.76. The van der Waals surface area contributed by atoms with Crippen molar-refractivity contribution in [2.45, 2.75) is 20.0 Å². The average molecular weight is 322 g/mol. The summed E-state index contributed by atoms with van der Waals surface area (Å²) in [6.07, 6.45) is -3.13. The molecular formula is C12H11BrF3NO. The van der Waals surface area contributed by atoms with E-state index < -0.39 is 17.6 Å². The molecule has 1 rings (SSSR count). The van der Waals surface area contributed by atoms with Crippen LogP contribution in [-0.4, -0.2) is 5.91 Å². The quantitative estimate of drug-likeness (QED) is 0.805. The summed E-state index contributed by atoms with van der Waals surface area (Å²) < 4.78 is 37.9. The van der Waals surface area contributed by atoms with E-state index in [1.54, 1.807) is 13.8 Å². The number of anilines is 1. The molecule has 18 heavy (non-hydrogen) atoms. The minimum absolute atomic E-state index is 0.0965. The van der Waals surface area contributed by atoms with Gasteiger partial charge in [-0.15, -0.1) is 0 Å². The molecular weight excluding hydrogens is 311 g/mol. The zero-order valence-corrected chi connectivity index (χ0v) is 11.3. The number of carbonyl (C=O) groups excluding carboxylic acids is 1. The number of hydrogen-bond acceptors (Lipinski definition) is 1. The van der Waals surface area contributed by atoms with Crippen LogP contribution in [-0.2, 0) is 11.0 Å². The molecule has 0 saturated carbocycles. The van der Waals surface area contributed by atoms with Crippen LogP contribution in [0.2, 0.25) is 0 Å². The number of hydrogen-bond donors (Lipinski definition) is 1. The second kappa shape index (κ2) is 5.56. The number of rotatable bonds is 2. The number of amides is 1. The molecule has 0 saturated heterocycles. The summed E-state index contributed by atoms with van der Waals surface area (Å²) in [7, 11) is 0. The maximum atomic E-state index is 12.5. The first-order valence-electron chi connectivity index (χ1n) is 5.02. The summed E-state index contributed by atoms with van der Waals surface area (Å²) in [5, 5.41) is 2.38. The monoisotopic (exact) mass is 321 g/mol. The van der Waals surface area contributed by atoms with E-state index in [1.165, 1.54) is 12.1 Å². The maximum absolute atomic E-state index is 12.5. The lowest BCUT2D eigenvalue weighted by molar-refractivity contribution is -0.137. The zero-order valence-electron chi connectivity index (χ0n) is 9.73. The lowest BCUT2D eigenvalue weighted by atomic mass is 10.2. The molecule has 0 aliphatic heterocycles. The number of alkyl halides is 3. The molecule has 1 amide bonds. The van der Waals surface area contributed by atoms with Crippen LogP contribution in [0.3, 0.4) is 0 Å². The van der Waals surface area contributed by atoms with Gasteiger partial charge in [-0.1, -0.05) is 21.5 Å². The molecule has 1 aromatic rings. The molecule has 98 valence electrons. The Balaban J connectivity index is 3.01. The number of halogens is 4. The lowest BCUT2D eigenvalue weighted by Gasteiger charge is -2.10. The Morgan fingerprint density at radius 2 is 1.89 bits per heavy atom. The second-order valence-electron chi connectivity index (χ2n) is 3.94. The van der Waals surface area contributed by atoms with E-state index in [0.717, 1.165) is 17.7 Å². The van der Waals surface area contributed by atoms with Crippen LogP contribution in [0, 0.1) is 0 Å². The number of carbonyl (C=O) groups is 1. The van der Waals surface area contributed by atoms with Gasteiger partial charge >= 0.3 is 6.18 Å². The molecule has 0 fully saturated rings. The van der Waals surface area contributed by atoms with Crippen molar-refractivity contribution in [3.05, 3.63) is 39.9 Å². The third-order valence-electron chi connectivity index (χ3n) is 1.91. The van der Waals surface area contributed by atoms with Crippen molar-refractivity contribution in [2.75, 3.05) is 5.32 Å². The van der Waals surface area contributed by atoms with Gasteiger partial charge in [-0.05, 0) is 32.0 Å². The van der Waals surface area contributed by atoms with Gasteiger partial charge in [0, 0.05) is 16.2 Å². The molecule has 0 aliphatic carbocycles. The molecule has 2 nitrogen and oxygen atoms in total. The van der Waals surface area contributed by atoms with E-state index in [1.807, 2.05) is 0 Å². The highest BCUT2D eigenvalue weighted by Gasteiger charge is 2.31. The first-order valence-corrected chi connectivity index (χ1v) is 5.81. The second-order valence-corrected chi connectivity index (χ2v) is 4.85. The molecule has 1 N–H and O–H groups in total. The summed E-state index contributed by atoms with van der Waals surface area (Å²) in [6.45, 7) is 3.45. The molecule has 0 atom stereocenters. The summed E-state index contributed by atoms with van der Waals surface area (Å²) in [5.74, 6) is -0.457. The summed E-state index contributed by atoms with van der Waals surface area (Å²) in [4.78, 5) is 11.4. The molecule has 0 spiro atoms. The zero-order chi connectivity index (χ0) is 13.9. The van der Waals surface area contributed by atoms with Crippen molar-refractivity contribution in [3.8, 4) is 0 Å². The van der Waals surface area contributed by atoms with Crippen molar-refractivity contribution in [1.82, 2.24) is 0 Å². The maximum Gasteiger partial charge on any atom is 0.416 e. The summed E-state index contributed by atoms with van der Waals surface area (Å²) in [6, 6.07) is 3.25. The van der Waals surface area contributed by atoms with Crippen molar-refractivity contribution in [1.29, 1.82) is 0 Å². The van der Waals surface area contributed by atoms with Gasteiger partial charge in [-0.2, -0.15) is 13.2 Å². The predicted molar refractivity (Wildman–Crippen MR) is 67.2 cm³/mol. The Labute approximate surface area is 111 Å². The fraction of sp³-hybridized carbons (Fsp3) is 0.250. The Bertz CT molecular complexity index is 491. The van der Waals surface area contributed by atoms with Gasteiger partial charge in [0.1, 0.15) is 0 Å². The van der Waals surface area contributed by atoms with E-state index in [2.05, 4.69) is 21.2 Å². The molecule has 0 aliphatic rings. The third kappa shape index (κ3) is 4.52. The Morgan fingerprint density at radius 1 is 1.28 bits per heavy atom. The molecule has 0 aromatic heterocycles. The smallest absolute Gasteiger partial charge is 0.322 e. The molecule has 1 aromatic carbocycles. The minimum atomic E-state index is -4.44. The largest absolute Gasteiger partial charge is 0.416 e. The Kier molecular flexibility index (Phi) is 4.56. The first kappa shape index (κ1) is 14.8. The van der Waals surface area contributed by atoms with Crippen LogP contribution in [0.1, 0.15) is 19.4 Å². The van der Waals surface area contributed by atoms with Crippen molar-refractivity contribution >= 4 is 27.5 Å². The van der Waals surface area contributed by atoms with Crippen LogP contribution in [0.5, 0.6) is 0 Å².